The SMILES string of the molecule is Cc1ccn2cc(C(=O)N3CCCC(CNC(=O)C4CCCN4)C3)nc2c1. The fraction of sp³-hybridized carbons (Fsp3) is 0.550. The highest BCUT2D eigenvalue weighted by Gasteiger charge is 2.27. The van der Waals surface area contributed by atoms with E-state index in [-0.39, 0.29) is 17.9 Å². The molecule has 2 unspecified atom stereocenters. The van der Waals surface area contributed by atoms with Gasteiger partial charge in [-0.3, -0.25) is 9.59 Å². The summed E-state index contributed by atoms with van der Waals surface area (Å²) in [6, 6.07) is 3.93. The molecule has 144 valence electrons. The van der Waals surface area contributed by atoms with Crippen LogP contribution in [0.4, 0.5) is 0 Å². The second-order valence-electron chi connectivity index (χ2n) is 7.75. The molecule has 2 atom stereocenters. The normalized spacial score (nSPS) is 22.9. The van der Waals surface area contributed by atoms with Gasteiger partial charge in [-0.2, -0.15) is 0 Å². The molecular weight excluding hydrogens is 342 g/mol. The van der Waals surface area contributed by atoms with E-state index in [1.54, 1.807) is 6.20 Å². The van der Waals surface area contributed by atoms with Crippen LogP contribution >= 0.6 is 0 Å². The third-order valence-electron chi connectivity index (χ3n) is 5.58. The Hall–Kier alpha value is -2.41. The number of pyridine rings is 1. The van der Waals surface area contributed by atoms with E-state index in [0.29, 0.717) is 24.7 Å². The first-order valence-electron chi connectivity index (χ1n) is 9.86. The third kappa shape index (κ3) is 3.98. The van der Waals surface area contributed by atoms with Crippen molar-refractivity contribution in [3.8, 4) is 0 Å². The zero-order valence-corrected chi connectivity index (χ0v) is 15.8. The molecule has 2 aromatic heterocycles. The lowest BCUT2D eigenvalue weighted by atomic mass is 9.97. The Morgan fingerprint density at radius 2 is 2.22 bits per heavy atom. The van der Waals surface area contributed by atoms with E-state index >= 15 is 0 Å². The molecule has 2 amide bonds. The molecular formula is C20H27N5O2. The van der Waals surface area contributed by atoms with Gasteiger partial charge in [0.05, 0.1) is 6.04 Å². The molecule has 0 aromatic carbocycles. The lowest BCUT2D eigenvalue weighted by Gasteiger charge is -2.32. The number of nitrogens with one attached hydrogen (secondary N) is 2. The van der Waals surface area contributed by atoms with Crippen molar-refractivity contribution >= 4 is 17.5 Å². The van der Waals surface area contributed by atoms with Crippen molar-refractivity contribution in [3.63, 3.8) is 0 Å². The number of amides is 2. The summed E-state index contributed by atoms with van der Waals surface area (Å²) in [5, 5.41) is 6.28. The number of aromatic nitrogens is 2. The molecule has 2 fully saturated rings. The van der Waals surface area contributed by atoms with E-state index in [9.17, 15) is 9.59 Å². The topological polar surface area (TPSA) is 78.7 Å². The minimum absolute atomic E-state index is 0.0233. The molecule has 4 rings (SSSR count). The highest BCUT2D eigenvalue weighted by Crippen LogP contribution is 2.19. The Bertz CT molecular complexity index is 840. The molecule has 4 heterocycles. The summed E-state index contributed by atoms with van der Waals surface area (Å²) < 4.78 is 1.89. The van der Waals surface area contributed by atoms with Crippen LogP contribution < -0.4 is 10.6 Å². The average molecular weight is 369 g/mol. The van der Waals surface area contributed by atoms with E-state index in [1.165, 1.54) is 0 Å². The van der Waals surface area contributed by atoms with Crippen LogP contribution in [0, 0.1) is 12.8 Å². The summed E-state index contributed by atoms with van der Waals surface area (Å²) in [7, 11) is 0. The fourth-order valence-electron chi connectivity index (χ4n) is 4.04. The molecule has 0 aliphatic carbocycles. The largest absolute Gasteiger partial charge is 0.354 e. The van der Waals surface area contributed by atoms with Gasteiger partial charge in [0.15, 0.2) is 0 Å². The summed E-state index contributed by atoms with van der Waals surface area (Å²) in [5.74, 6) is 0.365. The predicted molar refractivity (Wildman–Crippen MR) is 103 cm³/mol. The van der Waals surface area contributed by atoms with Crippen molar-refractivity contribution in [2.45, 2.75) is 38.6 Å². The van der Waals surface area contributed by atoms with Gasteiger partial charge in [-0.05, 0) is 62.8 Å². The maximum atomic E-state index is 12.9. The van der Waals surface area contributed by atoms with Crippen LogP contribution in [-0.2, 0) is 4.79 Å². The van der Waals surface area contributed by atoms with Crippen molar-refractivity contribution in [2.24, 2.45) is 5.92 Å². The quantitative estimate of drug-likeness (QED) is 0.853. The van der Waals surface area contributed by atoms with Crippen LogP contribution in [0.5, 0.6) is 0 Å². The predicted octanol–water partition coefficient (Wildman–Crippen LogP) is 1.36. The second-order valence-corrected chi connectivity index (χ2v) is 7.75. The summed E-state index contributed by atoms with van der Waals surface area (Å²) >= 11 is 0. The van der Waals surface area contributed by atoms with Crippen LogP contribution in [0.3, 0.4) is 0 Å². The number of rotatable bonds is 4. The van der Waals surface area contributed by atoms with Gasteiger partial charge < -0.3 is 19.9 Å². The molecule has 2 aliphatic rings. The van der Waals surface area contributed by atoms with E-state index in [2.05, 4.69) is 15.6 Å². The number of nitrogens with zero attached hydrogens (tertiary/aromatic N) is 3. The van der Waals surface area contributed by atoms with Gasteiger partial charge in [-0.25, -0.2) is 4.98 Å². The molecule has 2 saturated heterocycles. The van der Waals surface area contributed by atoms with Crippen molar-refractivity contribution in [3.05, 3.63) is 35.8 Å². The smallest absolute Gasteiger partial charge is 0.274 e. The number of likely N-dealkylation sites (tertiary alicyclic amines) is 1. The summed E-state index contributed by atoms with van der Waals surface area (Å²) in [6.45, 7) is 4.98. The van der Waals surface area contributed by atoms with Crippen molar-refractivity contribution < 1.29 is 9.59 Å². The van der Waals surface area contributed by atoms with E-state index in [0.717, 1.165) is 50.0 Å². The summed E-state index contributed by atoms with van der Waals surface area (Å²) in [6.07, 6.45) is 7.69. The molecule has 0 radical (unpaired) electrons. The average Bonchev–Trinajstić information content (AvgIpc) is 3.35. The van der Waals surface area contributed by atoms with Gasteiger partial charge in [-0.1, -0.05) is 0 Å². The van der Waals surface area contributed by atoms with E-state index in [4.69, 9.17) is 0 Å². The van der Waals surface area contributed by atoms with Gasteiger partial charge in [0.2, 0.25) is 5.91 Å². The maximum absolute atomic E-state index is 12.9. The van der Waals surface area contributed by atoms with Crippen LogP contribution in [0.1, 0.15) is 41.7 Å². The van der Waals surface area contributed by atoms with Crippen LogP contribution in [0.15, 0.2) is 24.5 Å². The Balaban J connectivity index is 1.36. The number of piperidine rings is 1. The Morgan fingerprint density at radius 3 is 3.04 bits per heavy atom. The molecule has 0 saturated carbocycles. The van der Waals surface area contributed by atoms with Crippen LogP contribution in [0.2, 0.25) is 0 Å². The molecule has 7 nitrogen and oxygen atoms in total. The molecule has 0 spiro atoms. The number of carbonyl (C=O) groups is 2. The lowest BCUT2D eigenvalue weighted by Crippen LogP contribution is -2.46. The van der Waals surface area contributed by atoms with E-state index < -0.39 is 0 Å². The molecule has 0 bridgehead atoms. The number of carbonyl (C=O) groups excluding carboxylic acids is 2. The summed E-state index contributed by atoms with van der Waals surface area (Å²) in [5.41, 5.74) is 2.40. The monoisotopic (exact) mass is 369 g/mol. The highest BCUT2D eigenvalue weighted by molar-refractivity contribution is 5.93. The second kappa shape index (κ2) is 7.68. The lowest BCUT2D eigenvalue weighted by molar-refractivity contribution is -0.123. The Kier molecular flexibility index (Phi) is 5.11. The maximum Gasteiger partial charge on any atom is 0.274 e. The minimum atomic E-state index is -0.0484. The Labute approximate surface area is 159 Å². The molecule has 7 heteroatoms. The summed E-state index contributed by atoms with van der Waals surface area (Å²) in [4.78, 5) is 31.5. The van der Waals surface area contributed by atoms with Crippen LogP contribution in [-0.4, -0.2) is 58.3 Å². The number of hydrogen-bond acceptors (Lipinski definition) is 4. The third-order valence-corrected chi connectivity index (χ3v) is 5.58. The fourth-order valence-corrected chi connectivity index (χ4v) is 4.04. The first kappa shape index (κ1) is 18.0. The molecule has 27 heavy (non-hydrogen) atoms. The van der Waals surface area contributed by atoms with E-state index in [1.807, 2.05) is 34.6 Å². The van der Waals surface area contributed by atoms with Gasteiger partial charge in [0.25, 0.3) is 5.91 Å². The minimum Gasteiger partial charge on any atom is -0.354 e. The molecule has 2 N–H and O–H groups in total. The van der Waals surface area contributed by atoms with Gasteiger partial charge in [0, 0.05) is 32.0 Å². The zero-order valence-electron chi connectivity index (χ0n) is 15.8. The van der Waals surface area contributed by atoms with Crippen LogP contribution in [0.25, 0.3) is 5.65 Å². The number of aryl methyl sites for hydroxylation is 1. The highest BCUT2D eigenvalue weighted by atomic mass is 16.2. The van der Waals surface area contributed by atoms with Gasteiger partial charge >= 0.3 is 0 Å². The van der Waals surface area contributed by atoms with Crippen molar-refractivity contribution in [2.75, 3.05) is 26.2 Å². The molecule has 2 aromatic rings. The Morgan fingerprint density at radius 1 is 1.33 bits per heavy atom. The van der Waals surface area contributed by atoms with Crippen molar-refractivity contribution in [1.29, 1.82) is 0 Å². The van der Waals surface area contributed by atoms with Crippen molar-refractivity contribution in [1.82, 2.24) is 24.9 Å². The standard InChI is InChI=1S/C20H27N5O2/c1-14-6-9-24-13-17(23-18(24)10-14)20(27)25-8-3-4-15(12-25)11-22-19(26)16-5-2-7-21-16/h6,9-10,13,15-16,21H,2-5,7-8,11-12H2,1H3,(H,22,26). The van der Waals surface area contributed by atoms with Gasteiger partial charge in [0.1, 0.15) is 11.3 Å². The number of fused-ring (bicyclic) bond motifs is 1. The molecule has 2 aliphatic heterocycles. The first-order valence-corrected chi connectivity index (χ1v) is 9.86. The zero-order chi connectivity index (χ0) is 18.8. The first-order chi connectivity index (χ1) is 13.1. The number of imidazole rings is 1. The van der Waals surface area contributed by atoms with Gasteiger partial charge in [-0.15, -0.1) is 0 Å². The number of hydrogen-bond donors (Lipinski definition) is 2.